The van der Waals surface area contributed by atoms with Crippen molar-refractivity contribution in [3.05, 3.63) is 15.9 Å². The summed E-state index contributed by atoms with van der Waals surface area (Å²) in [6.45, 7) is 0.797. The maximum absolute atomic E-state index is 12.3. The van der Waals surface area contributed by atoms with E-state index in [2.05, 4.69) is 15.9 Å². The van der Waals surface area contributed by atoms with Gasteiger partial charge in [-0.15, -0.1) is 11.3 Å². The molecule has 0 atom stereocenters. The largest absolute Gasteiger partial charge is 0.481 e. The number of thiophene rings is 1. The van der Waals surface area contributed by atoms with Crippen molar-refractivity contribution in [2.45, 2.75) is 23.5 Å². The lowest BCUT2D eigenvalue weighted by atomic mass is 9.95. The smallest absolute Gasteiger partial charge is 0.303 e. The summed E-state index contributed by atoms with van der Waals surface area (Å²) < 4.78 is 27.2. The van der Waals surface area contributed by atoms with Gasteiger partial charge in [0.05, 0.1) is 3.79 Å². The van der Waals surface area contributed by atoms with Crippen LogP contribution in [0.5, 0.6) is 0 Å². The lowest BCUT2D eigenvalue weighted by Gasteiger charge is -2.30. The molecule has 1 aromatic heterocycles. The summed E-state index contributed by atoms with van der Waals surface area (Å²) in [6.07, 6.45) is 1.34. The van der Waals surface area contributed by atoms with Crippen LogP contribution in [0.3, 0.4) is 0 Å². The van der Waals surface area contributed by atoms with Gasteiger partial charge in [0.1, 0.15) is 4.21 Å². The molecule has 0 aromatic carbocycles. The zero-order valence-electron chi connectivity index (χ0n) is 10.1. The topological polar surface area (TPSA) is 74.7 Å². The summed E-state index contributed by atoms with van der Waals surface area (Å²) in [5, 5.41) is 8.74. The van der Waals surface area contributed by atoms with Gasteiger partial charge in [0.2, 0.25) is 0 Å². The fourth-order valence-corrected chi connectivity index (χ4v) is 5.80. The minimum atomic E-state index is -3.42. The van der Waals surface area contributed by atoms with E-state index in [1.807, 2.05) is 0 Å². The normalized spacial score (nSPS) is 18.6. The number of carboxylic acid groups (broad SMARTS) is 1. The predicted octanol–water partition coefficient (Wildman–Crippen LogP) is 2.39. The van der Waals surface area contributed by atoms with Crippen LogP contribution in [0, 0.1) is 5.92 Å². The van der Waals surface area contributed by atoms with Gasteiger partial charge in [0.15, 0.2) is 0 Å². The van der Waals surface area contributed by atoms with E-state index < -0.39 is 16.0 Å². The molecule has 0 amide bonds. The van der Waals surface area contributed by atoms with Crippen molar-refractivity contribution in [1.29, 1.82) is 0 Å². The van der Waals surface area contributed by atoms with Crippen molar-refractivity contribution in [2.75, 3.05) is 13.1 Å². The van der Waals surface area contributed by atoms with Gasteiger partial charge in [-0.25, -0.2) is 8.42 Å². The molecule has 0 aliphatic carbocycles. The van der Waals surface area contributed by atoms with Crippen molar-refractivity contribution in [1.82, 2.24) is 4.31 Å². The molecule has 1 aliphatic heterocycles. The van der Waals surface area contributed by atoms with Crippen LogP contribution in [0.2, 0.25) is 0 Å². The number of hydrogen-bond donors (Lipinski definition) is 1. The molecular formula is C11H14BrNO4S2. The molecule has 0 saturated carbocycles. The Morgan fingerprint density at radius 2 is 2.05 bits per heavy atom. The summed E-state index contributed by atoms with van der Waals surface area (Å²) in [5.41, 5.74) is 0. The first kappa shape index (κ1) is 15.0. The highest BCUT2D eigenvalue weighted by molar-refractivity contribution is 9.11. The molecule has 1 fully saturated rings. The highest BCUT2D eigenvalue weighted by Crippen LogP contribution is 2.31. The Bertz CT molecular complexity index is 561. The summed E-state index contributed by atoms with van der Waals surface area (Å²) in [7, 11) is -3.42. The number of carbonyl (C=O) groups is 1. The van der Waals surface area contributed by atoms with Crippen molar-refractivity contribution < 1.29 is 18.3 Å². The van der Waals surface area contributed by atoms with Crippen LogP contribution >= 0.6 is 27.3 Å². The Kier molecular flexibility index (Phi) is 4.65. The second kappa shape index (κ2) is 5.90. The number of rotatable bonds is 4. The minimum absolute atomic E-state index is 0.0824. The first-order valence-electron chi connectivity index (χ1n) is 5.87. The van der Waals surface area contributed by atoms with Gasteiger partial charge in [-0.2, -0.15) is 4.31 Å². The van der Waals surface area contributed by atoms with E-state index in [1.54, 1.807) is 12.1 Å². The van der Waals surface area contributed by atoms with Crippen LogP contribution in [0.4, 0.5) is 0 Å². The molecule has 106 valence electrons. The van der Waals surface area contributed by atoms with Crippen LogP contribution in [-0.4, -0.2) is 36.9 Å². The highest BCUT2D eigenvalue weighted by atomic mass is 79.9. The maximum Gasteiger partial charge on any atom is 0.303 e. The molecule has 5 nitrogen and oxygen atoms in total. The fourth-order valence-electron chi connectivity index (χ4n) is 2.16. The van der Waals surface area contributed by atoms with E-state index in [0.717, 1.165) is 3.79 Å². The van der Waals surface area contributed by atoms with E-state index in [-0.39, 0.29) is 12.3 Å². The van der Waals surface area contributed by atoms with Crippen LogP contribution in [-0.2, 0) is 14.8 Å². The number of hydrogen-bond acceptors (Lipinski definition) is 4. The second-order valence-electron chi connectivity index (χ2n) is 4.50. The van der Waals surface area contributed by atoms with Crippen LogP contribution in [0.15, 0.2) is 20.1 Å². The highest BCUT2D eigenvalue weighted by Gasteiger charge is 2.30. The number of halogens is 1. The van der Waals surface area contributed by atoms with E-state index in [9.17, 15) is 13.2 Å². The first-order chi connectivity index (χ1) is 8.89. The Balaban J connectivity index is 2.03. The zero-order chi connectivity index (χ0) is 14.0. The first-order valence-corrected chi connectivity index (χ1v) is 8.92. The Hall–Kier alpha value is -0.440. The van der Waals surface area contributed by atoms with E-state index in [1.165, 1.54) is 15.6 Å². The van der Waals surface area contributed by atoms with E-state index in [0.29, 0.717) is 30.1 Å². The molecule has 1 saturated heterocycles. The standard InChI is InChI=1S/C11H14BrNO4S2/c12-9-1-2-11(18-9)19(16,17)13-5-3-8(4-6-13)7-10(14)15/h1-2,8H,3-7H2,(H,14,15). The molecule has 0 unspecified atom stereocenters. The lowest BCUT2D eigenvalue weighted by Crippen LogP contribution is -2.38. The Labute approximate surface area is 124 Å². The van der Waals surface area contributed by atoms with Crippen LogP contribution in [0.25, 0.3) is 0 Å². The number of sulfonamides is 1. The molecule has 0 spiro atoms. The summed E-state index contributed by atoms with van der Waals surface area (Å²) in [4.78, 5) is 10.6. The molecule has 2 rings (SSSR count). The third-order valence-electron chi connectivity index (χ3n) is 3.18. The number of aliphatic carboxylic acids is 1. The molecule has 0 radical (unpaired) electrons. The molecule has 2 heterocycles. The van der Waals surface area contributed by atoms with Gasteiger partial charge in [0.25, 0.3) is 10.0 Å². The van der Waals surface area contributed by atoms with E-state index in [4.69, 9.17) is 5.11 Å². The fraction of sp³-hybridized carbons (Fsp3) is 0.545. The SMILES string of the molecule is O=C(O)CC1CCN(S(=O)(=O)c2ccc(Br)s2)CC1. The minimum Gasteiger partial charge on any atom is -0.481 e. The van der Waals surface area contributed by atoms with Gasteiger partial charge in [-0.3, -0.25) is 4.79 Å². The van der Waals surface area contributed by atoms with E-state index >= 15 is 0 Å². The van der Waals surface area contributed by atoms with Gasteiger partial charge in [-0.05, 0) is 46.8 Å². The number of piperidine rings is 1. The number of carboxylic acids is 1. The Morgan fingerprint density at radius 3 is 2.53 bits per heavy atom. The zero-order valence-corrected chi connectivity index (χ0v) is 13.3. The van der Waals surface area contributed by atoms with Gasteiger partial charge >= 0.3 is 5.97 Å². The van der Waals surface area contributed by atoms with Crippen molar-refractivity contribution in [3.63, 3.8) is 0 Å². The molecule has 1 N–H and O–H groups in total. The molecule has 19 heavy (non-hydrogen) atoms. The quantitative estimate of drug-likeness (QED) is 0.886. The summed E-state index contributed by atoms with van der Waals surface area (Å²) in [6, 6.07) is 3.31. The van der Waals surface area contributed by atoms with Gasteiger partial charge < -0.3 is 5.11 Å². The molecular weight excluding hydrogens is 354 g/mol. The van der Waals surface area contributed by atoms with Crippen molar-refractivity contribution in [3.8, 4) is 0 Å². The van der Waals surface area contributed by atoms with Crippen LogP contribution in [0.1, 0.15) is 19.3 Å². The third kappa shape index (κ3) is 3.56. The number of nitrogens with zero attached hydrogens (tertiary/aromatic N) is 1. The van der Waals surface area contributed by atoms with Crippen molar-refractivity contribution >= 4 is 43.3 Å². The van der Waals surface area contributed by atoms with Gasteiger partial charge in [0, 0.05) is 19.5 Å². The van der Waals surface area contributed by atoms with Crippen LogP contribution < -0.4 is 0 Å². The Morgan fingerprint density at radius 1 is 1.42 bits per heavy atom. The average molecular weight is 368 g/mol. The van der Waals surface area contributed by atoms with Gasteiger partial charge in [-0.1, -0.05) is 0 Å². The predicted molar refractivity (Wildman–Crippen MR) is 75.8 cm³/mol. The summed E-state index contributed by atoms with van der Waals surface area (Å²) in [5.74, 6) is -0.734. The molecule has 8 heteroatoms. The van der Waals surface area contributed by atoms with Crippen molar-refractivity contribution in [2.24, 2.45) is 5.92 Å². The monoisotopic (exact) mass is 367 g/mol. The molecule has 1 aromatic rings. The second-order valence-corrected chi connectivity index (χ2v) is 9.13. The molecule has 1 aliphatic rings. The summed E-state index contributed by atoms with van der Waals surface area (Å²) >= 11 is 4.45. The average Bonchev–Trinajstić information content (AvgIpc) is 2.76. The maximum atomic E-state index is 12.3. The molecule has 0 bridgehead atoms. The lowest BCUT2D eigenvalue weighted by molar-refractivity contribution is -0.138. The third-order valence-corrected chi connectivity index (χ3v) is 7.17.